The number of rotatable bonds is 12. The molecule has 3 unspecified atom stereocenters. The first-order valence-electron chi connectivity index (χ1n) is 27.2. The highest BCUT2D eigenvalue weighted by Gasteiger charge is 2.50. The Hall–Kier alpha value is -7.83. The van der Waals surface area contributed by atoms with Gasteiger partial charge in [0.1, 0.15) is 47.8 Å². The van der Waals surface area contributed by atoms with Crippen molar-refractivity contribution in [3.05, 3.63) is 88.6 Å². The van der Waals surface area contributed by atoms with Gasteiger partial charge in [0.15, 0.2) is 5.82 Å². The van der Waals surface area contributed by atoms with Crippen LogP contribution >= 0.6 is 0 Å². The largest absolute Gasteiger partial charge is 0.461 e. The number of hydrogen-bond donors (Lipinski definition) is 2. The molecule has 2 N–H and O–H groups in total. The topological polar surface area (TPSA) is 200 Å². The minimum atomic E-state index is -0.787. The van der Waals surface area contributed by atoms with E-state index in [0.717, 1.165) is 64.3 Å². The molecule has 0 saturated carbocycles. The number of hydrogen-bond acceptors (Lipinski definition) is 14. The van der Waals surface area contributed by atoms with Crippen LogP contribution in [0.15, 0.2) is 65.7 Å². The lowest BCUT2D eigenvalue weighted by Gasteiger charge is -2.36. The molecule has 13 rings (SSSR count). The number of carbonyl (C=O) groups excluding carboxylic acids is 3. The van der Waals surface area contributed by atoms with Gasteiger partial charge in [0, 0.05) is 87.0 Å². The van der Waals surface area contributed by atoms with Crippen LogP contribution in [-0.4, -0.2) is 136 Å². The molecule has 0 aliphatic carbocycles. The van der Waals surface area contributed by atoms with Crippen LogP contribution in [0.1, 0.15) is 82.2 Å². The van der Waals surface area contributed by atoms with Crippen LogP contribution in [0, 0.1) is 29.9 Å². The summed E-state index contributed by atoms with van der Waals surface area (Å²) >= 11 is 0. The third kappa shape index (κ3) is 8.69. The zero-order chi connectivity index (χ0) is 53.4. The van der Waals surface area contributed by atoms with E-state index in [0.29, 0.717) is 88.5 Å². The van der Waals surface area contributed by atoms with Crippen LogP contribution in [-0.2, 0) is 27.9 Å². The molecule has 78 heavy (non-hydrogen) atoms. The molecule has 3 aromatic carbocycles. The van der Waals surface area contributed by atoms with Crippen LogP contribution in [0.4, 0.5) is 19.4 Å². The van der Waals surface area contributed by atoms with E-state index >= 15 is 8.78 Å². The fourth-order valence-electron chi connectivity index (χ4n) is 13.5. The number of halogens is 2. The predicted molar refractivity (Wildman–Crippen MR) is 285 cm³/mol. The Labute approximate surface area is 447 Å². The van der Waals surface area contributed by atoms with Gasteiger partial charge in [-0.15, -0.1) is 11.5 Å². The molecule has 6 aliphatic heterocycles. The Morgan fingerprint density at radius 2 is 1.74 bits per heavy atom. The molecule has 5 atom stereocenters. The molecule has 7 aromatic rings. The molecule has 6 fully saturated rings. The van der Waals surface area contributed by atoms with Crippen LogP contribution in [0.2, 0.25) is 0 Å². The molecule has 4 aromatic heterocycles. The van der Waals surface area contributed by atoms with Crippen molar-refractivity contribution in [2.75, 3.05) is 50.8 Å². The molecule has 6 aliphatic rings. The Bertz CT molecular complexity index is 3660. The Morgan fingerprint density at radius 1 is 0.936 bits per heavy atom. The number of anilines is 1. The number of imidazole rings is 1. The van der Waals surface area contributed by atoms with Gasteiger partial charge in [0.2, 0.25) is 11.8 Å². The second-order valence-corrected chi connectivity index (χ2v) is 22.0. The van der Waals surface area contributed by atoms with Gasteiger partial charge >= 0.3 is 17.8 Å². The number of nitrogens with zero attached hydrogens (tertiary/aromatic N) is 11. The monoisotopic (exact) mass is 1060 g/mol. The van der Waals surface area contributed by atoms with E-state index in [9.17, 15) is 19.2 Å². The number of para-hydroxylation sites is 1. The normalized spacial score (nSPS) is 23.6. The average Bonchev–Trinajstić information content (AvgIpc) is 4.42. The van der Waals surface area contributed by atoms with Crippen molar-refractivity contribution >= 4 is 56.4 Å². The summed E-state index contributed by atoms with van der Waals surface area (Å²) in [7, 11) is 1.67. The predicted octanol–water partition coefficient (Wildman–Crippen LogP) is 6.25. The number of piperidine rings is 2. The number of ether oxygens (including phenoxy) is 2. The van der Waals surface area contributed by atoms with E-state index in [-0.39, 0.29) is 90.2 Å². The van der Waals surface area contributed by atoms with E-state index < -0.39 is 23.6 Å². The highest BCUT2D eigenvalue weighted by Crippen LogP contribution is 2.44. The van der Waals surface area contributed by atoms with E-state index in [1.165, 1.54) is 15.2 Å². The van der Waals surface area contributed by atoms with E-state index in [1.54, 1.807) is 47.1 Å². The van der Waals surface area contributed by atoms with Crippen molar-refractivity contribution in [3.63, 3.8) is 0 Å². The molecule has 0 radical (unpaired) electrons. The van der Waals surface area contributed by atoms with Gasteiger partial charge in [-0.25, -0.2) is 18.4 Å². The SMILES string of the molecule is C#Cc1c(F)ccc2cccc(-c3ncc4c(N5CC6CCC(C5)N6)nc(OC[C@@]56CCCN5[C@H](COC(=O)N5CCC(CCn7cc(-c8cccc9c8n(C)c(=O)n9C8CCC(=O)NC8=O)nn7)CC5)CC6)nc4c3F)c12. The molecule has 0 spiro atoms. The maximum Gasteiger partial charge on any atom is 0.409 e. The first-order chi connectivity index (χ1) is 37.9. The number of aryl methyl sites for hydroxylation is 2. The highest BCUT2D eigenvalue weighted by molar-refractivity contribution is 6.03. The molecule has 402 valence electrons. The summed E-state index contributed by atoms with van der Waals surface area (Å²) in [6, 6.07) is 13.6. The van der Waals surface area contributed by atoms with Crippen LogP contribution in [0.5, 0.6) is 6.01 Å². The number of amides is 3. The molecular formula is C57H59F2N13O6. The maximum absolute atomic E-state index is 17.2. The fourth-order valence-corrected chi connectivity index (χ4v) is 13.5. The molecular weight excluding hydrogens is 1000 g/mol. The van der Waals surface area contributed by atoms with E-state index in [1.807, 2.05) is 24.4 Å². The van der Waals surface area contributed by atoms with Gasteiger partial charge < -0.3 is 24.6 Å². The van der Waals surface area contributed by atoms with Gasteiger partial charge in [0.05, 0.1) is 33.7 Å². The molecule has 21 heteroatoms. The quantitative estimate of drug-likeness (QED) is 0.103. The summed E-state index contributed by atoms with van der Waals surface area (Å²) in [5.41, 5.74) is 2.33. The third-order valence-electron chi connectivity index (χ3n) is 17.5. The molecule has 19 nitrogen and oxygen atoms in total. The number of terminal acetylenes is 1. The Morgan fingerprint density at radius 3 is 2.55 bits per heavy atom. The average molecular weight is 1060 g/mol. The van der Waals surface area contributed by atoms with E-state index in [4.69, 9.17) is 25.9 Å². The molecule has 2 bridgehead atoms. The van der Waals surface area contributed by atoms with Crippen LogP contribution in [0.25, 0.3) is 55.2 Å². The standard InChI is InChI=1S/C57H59F2N13O6/c1-3-38-42(58)14-11-34-7-4-9-40(47(34)38)49-48(59)50-41(27-60-49)52(69-28-35-12-13-36(29-69)61-35)64-54(63-50)78-32-57-21-6-23-71(57)37(17-22-57)31-77-56(76)68-24-18-33(19-25-68)20-26-70-30-43(65-66-70)39-8-5-10-44-51(39)67(2)55(75)72(44)45-15-16-46(73)62-53(45)74/h1,4-5,7-11,14,27,30,33,35-37,45,61H,6,12-13,15-26,28-29,31-32H2,2H3,(H,62,73,74)/t35?,36?,37-,45?,57-/m0/s1. The summed E-state index contributed by atoms with van der Waals surface area (Å²) < 4.78 is 49.7. The summed E-state index contributed by atoms with van der Waals surface area (Å²) in [4.78, 5) is 72.5. The lowest BCUT2D eigenvalue weighted by Crippen LogP contribution is -2.51. The Balaban J connectivity index is 0.645. The fraction of sp³-hybridized carbons (Fsp3) is 0.456. The van der Waals surface area contributed by atoms with Crippen molar-refractivity contribution < 1.29 is 32.6 Å². The number of likely N-dealkylation sites (tertiary alicyclic amines) is 1. The van der Waals surface area contributed by atoms with Crippen molar-refractivity contribution in [2.24, 2.45) is 13.0 Å². The number of aromatic nitrogens is 8. The molecule has 10 heterocycles. The number of imide groups is 1. The summed E-state index contributed by atoms with van der Waals surface area (Å²) in [6.07, 6.45) is 17.5. The summed E-state index contributed by atoms with van der Waals surface area (Å²) in [5.74, 6) is 1.33. The van der Waals surface area contributed by atoms with Gasteiger partial charge in [-0.1, -0.05) is 47.5 Å². The number of fused-ring (bicyclic) bond motifs is 6. The lowest BCUT2D eigenvalue weighted by atomic mass is 9.94. The number of nitrogens with one attached hydrogen (secondary N) is 2. The second kappa shape index (κ2) is 19.9. The van der Waals surface area contributed by atoms with Gasteiger partial charge in [0.25, 0.3) is 0 Å². The second-order valence-electron chi connectivity index (χ2n) is 22.0. The van der Waals surface area contributed by atoms with Crippen molar-refractivity contribution in [3.8, 4) is 40.9 Å². The molecule has 3 amide bonds. The number of piperazine rings is 1. The minimum Gasteiger partial charge on any atom is -0.461 e. The smallest absolute Gasteiger partial charge is 0.409 e. The van der Waals surface area contributed by atoms with Crippen molar-refractivity contribution in [2.45, 2.75) is 107 Å². The van der Waals surface area contributed by atoms with Gasteiger partial charge in [-0.05, 0) is 94.2 Å². The summed E-state index contributed by atoms with van der Waals surface area (Å²) in [5, 5.41) is 16.4. The van der Waals surface area contributed by atoms with Crippen LogP contribution < -0.4 is 26.0 Å². The summed E-state index contributed by atoms with van der Waals surface area (Å²) in [6.45, 7) is 4.58. The first-order valence-corrected chi connectivity index (χ1v) is 27.2. The lowest BCUT2D eigenvalue weighted by molar-refractivity contribution is -0.135. The van der Waals surface area contributed by atoms with Gasteiger partial charge in [-0.2, -0.15) is 9.97 Å². The Kier molecular flexibility index (Phi) is 12.7. The van der Waals surface area contributed by atoms with Crippen LogP contribution in [0.3, 0.4) is 0 Å². The minimum absolute atomic E-state index is 0.00828. The van der Waals surface area contributed by atoms with E-state index in [2.05, 4.69) is 41.6 Å². The number of carbonyl (C=O) groups is 3. The number of benzene rings is 3. The highest BCUT2D eigenvalue weighted by atomic mass is 19.1. The zero-order valence-corrected chi connectivity index (χ0v) is 43.3. The maximum atomic E-state index is 17.2. The van der Waals surface area contributed by atoms with Crippen molar-refractivity contribution in [1.29, 1.82) is 0 Å². The molecule has 6 saturated heterocycles. The van der Waals surface area contributed by atoms with Crippen molar-refractivity contribution in [1.82, 2.24) is 59.5 Å². The number of pyridine rings is 1. The first kappa shape index (κ1) is 49.7. The van der Waals surface area contributed by atoms with Gasteiger partial charge in [-0.3, -0.25) is 38.6 Å². The third-order valence-corrected chi connectivity index (χ3v) is 17.5. The zero-order valence-electron chi connectivity index (χ0n) is 43.3.